The summed E-state index contributed by atoms with van der Waals surface area (Å²) in [6.45, 7) is 1.72. The van der Waals surface area contributed by atoms with Crippen molar-refractivity contribution in [1.29, 1.82) is 0 Å². The van der Waals surface area contributed by atoms with Crippen molar-refractivity contribution in [3.05, 3.63) is 35.4 Å². The molecule has 1 aliphatic carbocycles. The first-order valence-corrected chi connectivity index (χ1v) is 9.52. The van der Waals surface area contributed by atoms with Gasteiger partial charge < -0.3 is 5.11 Å². The van der Waals surface area contributed by atoms with Gasteiger partial charge in [0.2, 0.25) is 0 Å². The summed E-state index contributed by atoms with van der Waals surface area (Å²) < 4.78 is 39.3. The second kappa shape index (κ2) is 8.09. The summed E-state index contributed by atoms with van der Waals surface area (Å²) in [5, 5.41) is 9.80. The third-order valence-electron chi connectivity index (χ3n) is 5.88. The van der Waals surface area contributed by atoms with E-state index in [1.165, 1.54) is 25.0 Å². The zero-order chi connectivity index (χ0) is 17.9. The van der Waals surface area contributed by atoms with Crippen LogP contribution in [0.1, 0.15) is 56.1 Å². The lowest BCUT2D eigenvalue weighted by Crippen LogP contribution is -2.41. The van der Waals surface area contributed by atoms with E-state index in [-0.39, 0.29) is 6.10 Å². The maximum atomic E-state index is 13.1. The van der Waals surface area contributed by atoms with Crippen LogP contribution in [0.25, 0.3) is 0 Å². The van der Waals surface area contributed by atoms with Crippen LogP contribution in [-0.2, 0) is 12.6 Å². The number of hydrogen-bond acceptors (Lipinski definition) is 2. The Kier molecular flexibility index (Phi) is 6.05. The lowest BCUT2D eigenvalue weighted by atomic mass is 9.80. The number of aliphatic hydroxyl groups excluding tert-OH is 1. The number of aliphatic hydroxyl groups is 1. The molecule has 0 aromatic heterocycles. The van der Waals surface area contributed by atoms with E-state index in [0.29, 0.717) is 23.9 Å². The minimum atomic E-state index is -4.27. The van der Waals surface area contributed by atoms with Crippen molar-refractivity contribution < 1.29 is 18.3 Å². The quantitative estimate of drug-likeness (QED) is 0.831. The van der Waals surface area contributed by atoms with Crippen molar-refractivity contribution in [1.82, 2.24) is 4.90 Å². The van der Waals surface area contributed by atoms with Crippen molar-refractivity contribution in [3.63, 3.8) is 0 Å². The van der Waals surface area contributed by atoms with Crippen molar-refractivity contribution >= 4 is 0 Å². The summed E-state index contributed by atoms with van der Waals surface area (Å²) in [5.74, 6) is 0.553. The molecule has 1 N–H and O–H groups in total. The van der Waals surface area contributed by atoms with Crippen LogP contribution in [0.15, 0.2) is 24.3 Å². The van der Waals surface area contributed by atoms with Crippen LogP contribution < -0.4 is 0 Å². The third kappa shape index (κ3) is 4.76. The van der Waals surface area contributed by atoms with Gasteiger partial charge in [-0.05, 0) is 56.1 Å². The largest absolute Gasteiger partial charge is 0.416 e. The van der Waals surface area contributed by atoms with Gasteiger partial charge in [0, 0.05) is 19.1 Å². The van der Waals surface area contributed by atoms with Gasteiger partial charge >= 0.3 is 6.18 Å². The molecule has 25 heavy (non-hydrogen) atoms. The summed E-state index contributed by atoms with van der Waals surface area (Å²) in [6.07, 6.45) is 3.41. The molecule has 1 saturated carbocycles. The van der Waals surface area contributed by atoms with Crippen LogP contribution in [0.5, 0.6) is 0 Å². The fraction of sp³-hybridized carbons (Fsp3) is 0.700. The van der Waals surface area contributed by atoms with Crippen molar-refractivity contribution in [2.45, 2.75) is 69.7 Å². The fourth-order valence-corrected chi connectivity index (χ4v) is 4.64. The number of benzene rings is 1. The molecule has 1 unspecified atom stereocenters. The topological polar surface area (TPSA) is 23.5 Å². The van der Waals surface area contributed by atoms with E-state index in [2.05, 4.69) is 4.90 Å². The number of alkyl halides is 3. The molecular weight excluding hydrogens is 327 g/mol. The van der Waals surface area contributed by atoms with E-state index in [4.69, 9.17) is 0 Å². The number of aryl methyl sites for hydroxylation is 1. The molecule has 2 fully saturated rings. The SMILES string of the molecule is O[C@@H]1CCN(C2CCCC[C@@H]2CCCc2ccccc2C(F)(F)F)C1. The number of likely N-dealkylation sites (tertiary alicyclic amines) is 1. The molecule has 1 aliphatic heterocycles. The number of nitrogens with zero attached hydrogens (tertiary/aromatic N) is 1. The molecule has 3 rings (SSSR count). The van der Waals surface area contributed by atoms with Gasteiger partial charge in [0.05, 0.1) is 11.7 Å². The van der Waals surface area contributed by atoms with Gasteiger partial charge in [0.15, 0.2) is 0 Å². The van der Waals surface area contributed by atoms with E-state index in [1.807, 2.05) is 0 Å². The highest BCUT2D eigenvalue weighted by Crippen LogP contribution is 2.35. The minimum Gasteiger partial charge on any atom is -0.392 e. The van der Waals surface area contributed by atoms with Gasteiger partial charge in [-0.2, -0.15) is 13.2 Å². The second-order valence-electron chi connectivity index (χ2n) is 7.60. The fourth-order valence-electron chi connectivity index (χ4n) is 4.64. The Morgan fingerprint density at radius 3 is 2.56 bits per heavy atom. The highest BCUT2D eigenvalue weighted by molar-refractivity contribution is 5.29. The molecule has 5 heteroatoms. The Labute approximate surface area is 148 Å². The summed E-state index contributed by atoms with van der Waals surface area (Å²) >= 11 is 0. The zero-order valence-corrected chi connectivity index (χ0v) is 14.6. The molecule has 0 bridgehead atoms. The Morgan fingerprint density at radius 1 is 1.08 bits per heavy atom. The molecule has 2 nitrogen and oxygen atoms in total. The van der Waals surface area contributed by atoms with E-state index >= 15 is 0 Å². The van der Waals surface area contributed by atoms with Crippen molar-refractivity contribution in [2.75, 3.05) is 13.1 Å². The standard InChI is InChI=1S/C20H28F3NO/c21-20(22,23)18-10-3-1-6-15(18)8-5-9-16-7-2-4-11-19(16)24-13-12-17(25)14-24/h1,3,6,10,16-17,19,25H,2,4-5,7-9,11-14H2/t16-,17-,19?/m1/s1. The molecule has 1 aromatic carbocycles. The predicted octanol–water partition coefficient (Wildman–Crippen LogP) is 4.65. The van der Waals surface area contributed by atoms with Crippen molar-refractivity contribution in [2.24, 2.45) is 5.92 Å². The number of rotatable bonds is 5. The molecule has 1 saturated heterocycles. The lowest BCUT2D eigenvalue weighted by Gasteiger charge is -2.38. The average Bonchev–Trinajstić information content (AvgIpc) is 3.01. The van der Waals surface area contributed by atoms with E-state index in [9.17, 15) is 18.3 Å². The van der Waals surface area contributed by atoms with Gasteiger partial charge in [-0.3, -0.25) is 4.90 Å². The summed E-state index contributed by atoms with van der Waals surface area (Å²) in [4.78, 5) is 2.41. The number of hydrogen-bond donors (Lipinski definition) is 1. The first-order valence-electron chi connectivity index (χ1n) is 9.52. The van der Waals surface area contributed by atoms with Crippen LogP contribution in [-0.4, -0.2) is 35.2 Å². The predicted molar refractivity (Wildman–Crippen MR) is 92.3 cm³/mol. The van der Waals surface area contributed by atoms with Gasteiger partial charge in [-0.15, -0.1) is 0 Å². The molecule has 140 valence electrons. The van der Waals surface area contributed by atoms with Gasteiger partial charge in [0.25, 0.3) is 0 Å². The van der Waals surface area contributed by atoms with Crippen LogP contribution >= 0.6 is 0 Å². The lowest BCUT2D eigenvalue weighted by molar-refractivity contribution is -0.138. The number of β-amino-alcohol motifs (C(OH)–C–C–N with tert-alkyl or cyclic N) is 1. The normalized spacial score (nSPS) is 28.4. The van der Waals surface area contributed by atoms with Crippen LogP contribution in [0.3, 0.4) is 0 Å². The van der Waals surface area contributed by atoms with Crippen LogP contribution in [0, 0.1) is 5.92 Å². The molecule has 2 aliphatic rings. The van der Waals surface area contributed by atoms with E-state index < -0.39 is 11.7 Å². The van der Waals surface area contributed by atoms with Crippen LogP contribution in [0.4, 0.5) is 13.2 Å². The molecule has 1 heterocycles. The van der Waals surface area contributed by atoms with Crippen molar-refractivity contribution in [3.8, 4) is 0 Å². The highest BCUT2D eigenvalue weighted by atomic mass is 19.4. The van der Waals surface area contributed by atoms with E-state index in [0.717, 1.165) is 45.2 Å². The summed E-state index contributed by atoms with van der Waals surface area (Å²) in [6, 6.07) is 6.45. The van der Waals surface area contributed by atoms with E-state index in [1.54, 1.807) is 12.1 Å². The monoisotopic (exact) mass is 355 g/mol. The summed E-state index contributed by atoms with van der Waals surface area (Å²) in [7, 11) is 0. The molecule has 0 radical (unpaired) electrons. The summed E-state index contributed by atoms with van der Waals surface area (Å²) in [5.41, 5.74) is -0.0724. The zero-order valence-electron chi connectivity index (χ0n) is 14.6. The maximum absolute atomic E-state index is 13.1. The van der Waals surface area contributed by atoms with Crippen LogP contribution in [0.2, 0.25) is 0 Å². The molecule has 3 atom stereocenters. The Hall–Kier alpha value is -1.07. The van der Waals surface area contributed by atoms with Gasteiger partial charge in [-0.1, -0.05) is 31.0 Å². The first-order chi connectivity index (χ1) is 11.9. The first kappa shape index (κ1) is 18.7. The average molecular weight is 355 g/mol. The molecule has 0 spiro atoms. The van der Waals surface area contributed by atoms with Gasteiger partial charge in [0.1, 0.15) is 0 Å². The maximum Gasteiger partial charge on any atom is 0.416 e. The Balaban J connectivity index is 1.57. The molecular formula is C20H28F3NO. The number of halogens is 3. The Morgan fingerprint density at radius 2 is 1.84 bits per heavy atom. The molecule has 0 amide bonds. The highest BCUT2D eigenvalue weighted by Gasteiger charge is 2.35. The van der Waals surface area contributed by atoms with Gasteiger partial charge in [-0.25, -0.2) is 0 Å². The Bertz CT molecular complexity index is 560. The molecule has 1 aromatic rings. The third-order valence-corrected chi connectivity index (χ3v) is 5.88. The minimum absolute atomic E-state index is 0.207. The second-order valence-corrected chi connectivity index (χ2v) is 7.60. The smallest absolute Gasteiger partial charge is 0.392 e.